The zero-order valence-electron chi connectivity index (χ0n) is 22.6. The van der Waals surface area contributed by atoms with Gasteiger partial charge in [-0.1, -0.05) is 0 Å². The number of aryl methyl sites for hydroxylation is 1. The first kappa shape index (κ1) is 28.6. The Kier molecular flexibility index (Phi) is 8.46. The molecule has 0 aromatic carbocycles. The van der Waals surface area contributed by atoms with Crippen molar-refractivity contribution >= 4 is 5.91 Å². The maximum atomic E-state index is 14.2. The summed E-state index contributed by atoms with van der Waals surface area (Å²) in [6, 6.07) is -1.78. The minimum absolute atomic E-state index is 0.0385. The molecule has 1 aromatic rings. The molecule has 1 amide bonds. The molecule has 0 bridgehead atoms. The number of alkyl halides is 5. The fourth-order valence-electron chi connectivity index (χ4n) is 7.72. The number of hydrogen-bond donors (Lipinski definition) is 3. The van der Waals surface area contributed by atoms with Gasteiger partial charge in [0.2, 0.25) is 11.5 Å². The van der Waals surface area contributed by atoms with Crippen LogP contribution in [0.1, 0.15) is 64.2 Å². The van der Waals surface area contributed by atoms with Crippen LogP contribution in [0.2, 0.25) is 0 Å². The first-order valence-electron chi connectivity index (χ1n) is 14.7. The van der Waals surface area contributed by atoms with Gasteiger partial charge in [0.05, 0.1) is 0 Å². The van der Waals surface area contributed by atoms with Crippen LogP contribution in [0.5, 0.6) is 0 Å². The van der Waals surface area contributed by atoms with Gasteiger partial charge >= 0.3 is 6.18 Å². The molecule has 8 unspecified atom stereocenters. The summed E-state index contributed by atoms with van der Waals surface area (Å²) in [4.78, 5) is 13.7. The first-order chi connectivity index (χ1) is 18.5. The molecule has 1 saturated heterocycles. The fraction of sp³-hybridized carbons (Fsp3) is 0.857. The molecule has 6 nitrogen and oxygen atoms in total. The van der Waals surface area contributed by atoms with Crippen LogP contribution in [-0.4, -0.2) is 52.2 Å². The Morgan fingerprint density at radius 3 is 2.44 bits per heavy atom. The van der Waals surface area contributed by atoms with Crippen molar-refractivity contribution in [3.63, 3.8) is 0 Å². The van der Waals surface area contributed by atoms with Crippen molar-refractivity contribution in [2.45, 2.75) is 101 Å². The van der Waals surface area contributed by atoms with Crippen molar-refractivity contribution in [1.82, 2.24) is 19.8 Å². The van der Waals surface area contributed by atoms with Gasteiger partial charge in [-0.3, -0.25) is 10.2 Å². The maximum absolute atomic E-state index is 14.2. The van der Waals surface area contributed by atoms with Gasteiger partial charge in [0.1, 0.15) is 18.4 Å². The SMILES string of the molecule is Cn1ccn(CC2CC(C(=O)N[C@@H](C3CC3)C3CCC(F)C(F)C3)CC(C3CCCNC3C(F)(F)F)C2)c1=N. The summed E-state index contributed by atoms with van der Waals surface area (Å²) in [5.41, 5.74) is 0.309. The third-order valence-electron chi connectivity index (χ3n) is 9.89. The predicted molar refractivity (Wildman–Crippen MR) is 136 cm³/mol. The molecular weight excluding hydrogens is 517 g/mol. The quantitative estimate of drug-likeness (QED) is 0.426. The third kappa shape index (κ3) is 6.54. The number of rotatable bonds is 7. The van der Waals surface area contributed by atoms with Gasteiger partial charge in [0.25, 0.3) is 0 Å². The Balaban J connectivity index is 1.34. The molecule has 11 heteroatoms. The Morgan fingerprint density at radius 1 is 1.05 bits per heavy atom. The number of carbonyl (C=O) groups is 1. The van der Waals surface area contributed by atoms with E-state index in [9.17, 15) is 26.7 Å². The topological polar surface area (TPSA) is 74.8 Å². The summed E-state index contributed by atoms with van der Waals surface area (Å²) in [7, 11) is 1.77. The van der Waals surface area contributed by atoms with Crippen molar-refractivity contribution < 1.29 is 26.7 Å². The summed E-state index contributed by atoms with van der Waals surface area (Å²) in [6.07, 6.45) is 1.65. The fourth-order valence-corrected chi connectivity index (χ4v) is 7.72. The van der Waals surface area contributed by atoms with E-state index in [0.29, 0.717) is 57.2 Å². The molecule has 2 heterocycles. The smallest absolute Gasteiger partial charge is 0.353 e. The Bertz CT molecular complexity index is 1050. The second kappa shape index (κ2) is 11.5. The number of nitrogens with one attached hydrogen (secondary N) is 3. The van der Waals surface area contributed by atoms with Crippen molar-refractivity contribution in [2.24, 2.45) is 42.6 Å². The van der Waals surface area contributed by atoms with Gasteiger partial charge in [-0.25, -0.2) is 8.78 Å². The first-order valence-corrected chi connectivity index (χ1v) is 14.7. The summed E-state index contributed by atoms with van der Waals surface area (Å²) in [5, 5.41) is 14.2. The molecule has 4 aliphatic rings. The minimum Gasteiger partial charge on any atom is -0.353 e. The maximum Gasteiger partial charge on any atom is 0.404 e. The summed E-state index contributed by atoms with van der Waals surface area (Å²) in [5.74, 6) is -1.35. The number of carbonyl (C=O) groups excluding carboxylic acids is 1. The van der Waals surface area contributed by atoms with Crippen LogP contribution in [0.15, 0.2) is 12.4 Å². The van der Waals surface area contributed by atoms with E-state index in [-0.39, 0.29) is 48.5 Å². The molecule has 5 rings (SSSR count). The Hall–Kier alpha value is -1.91. The summed E-state index contributed by atoms with van der Waals surface area (Å²) >= 11 is 0. The molecule has 9 atom stereocenters. The van der Waals surface area contributed by atoms with Crippen LogP contribution < -0.4 is 16.3 Å². The van der Waals surface area contributed by atoms with Gasteiger partial charge in [0.15, 0.2) is 0 Å². The average molecular weight is 560 g/mol. The molecular formula is C28H42F5N5O. The van der Waals surface area contributed by atoms with E-state index in [1.165, 1.54) is 0 Å². The summed E-state index contributed by atoms with van der Waals surface area (Å²) < 4.78 is 73.5. The lowest BCUT2D eigenvalue weighted by Gasteiger charge is -2.44. The van der Waals surface area contributed by atoms with E-state index in [1.807, 2.05) is 0 Å². The van der Waals surface area contributed by atoms with Crippen LogP contribution in [0.3, 0.4) is 0 Å². The standard InChI is InChI=1S/C28H42F5N5O/c1-37-9-10-38(27(37)34)15-16-11-19(21-3-2-8-35-25(21)28(31,32)33)13-20(12-16)26(39)36-24(17-4-5-17)18-6-7-22(29)23(30)14-18/h9-10,16-25,34-35H,2-8,11-15H2,1H3,(H,36,39)/t16?,18?,19?,20?,21?,22?,23?,24-,25?/m0/s1. The lowest BCUT2D eigenvalue weighted by Crippen LogP contribution is -2.54. The zero-order valence-corrected chi connectivity index (χ0v) is 22.6. The van der Waals surface area contributed by atoms with Crippen molar-refractivity contribution in [1.29, 1.82) is 5.41 Å². The van der Waals surface area contributed by atoms with Crippen LogP contribution in [0.4, 0.5) is 22.0 Å². The van der Waals surface area contributed by atoms with Gasteiger partial charge in [-0.05, 0) is 100 Å². The van der Waals surface area contributed by atoms with E-state index >= 15 is 0 Å². The van der Waals surface area contributed by atoms with E-state index in [1.54, 1.807) is 28.6 Å². The van der Waals surface area contributed by atoms with Crippen LogP contribution in [0.25, 0.3) is 0 Å². The van der Waals surface area contributed by atoms with Gasteiger partial charge in [0, 0.05) is 37.9 Å². The molecule has 3 saturated carbocycles. The Labute approximate surface area is 226 Å². The normalized spacial score (nSPS) is 36.9. The highest BCUT2D eigenvalue weighted by Gasteiger charge is 2.50. The molecule has 1 aliphatic heterocycles. The van der Waals surface area contributed by atoms with Gasteiger partial charge in [-0.2, -0.15) is 13.2 Å². The van der Waals surface area contributed by atoms with Crippen molar-refractivity contribution in [2.75, 3.05) is 6.54 Å². The molecule has 4 fully saturated rings. The van der Waals surface area contributed by atoms with Crippen molar-refractivity contribution in [3.05, 3.63) is 18.0 Å². The monoisotopic (exact) mass is 559 g/mol. The van der Waals surface area contributed by atoms with E-state index in [2.05, 4.69) is 10.6 Å². The largest absolute Gasteiger partial charge is 0.404 e. The number of aromatic nitrogens is 2. The van der Waals surface area contributed by atoms with Gasteiger partial charge in [-0.15, -0.1) is 0 Å². The number of imidazole rings is 1. The minimum atomic E-state index is -4.35. The number of hydrogen-bond acceptors (Lipinski definition) is 3. The van der Waals surface area contributed by atoms with Crippen LogP contribution in [-0.2, 0) is 18.4 Å². The molecule has 39 heavy (non-hydrogen) atoms. The average Bonchev–Trinajstić information content (AvgIpc) is 3.70. The molecule has 3 N–H and O–H groups in total. The van der Waals surface area contributed by atoms with E-state index in [4.69, 9.17) is 5.41 Å². The Morgan fingerprint density at radius 2 is 1.79 bits per heavy atom. The van der Waals surface area contributed by atoms with Crippen LogP contribution >= 0.6 is 0 Å². The number of amides is 1. The van der Waals surface area contributed by atoms with Crippen molar-refractivity contribution in [3.8, 4) is 0 Å². The summed E-state index contributed by atoms with van der Waals surface area (Å²) in [6.45, 7) is 0.815. The number of halogens is 5. The number of piperidine rings is 1. The van der Waals surface area contributed by atoms with Crippen LogP contribution in [0, 0.1) is 40.9 Å². The second-order valence-corrected chi connectivity index (χ2v) is 12.7. The second-order valence-electron chi connectivity index (χ2n) is 12.7. The molecule has 220 valence electrons. The highest BCUT2D eigenvalue weighted by molar-refractivity contribution is 5.79. The molecule has 0 spiro atoms. The highest BCUT2D eigenvalue weighted by Crippen LogP contribution is 2.46. The lowest BCUT2D eigenvalue weighted by molar-refractivity contribution is -0.179. The number of nitrogens with zero attached hydrogens (tertiary/aromatic N) is 2. The molecule has 3 aliphatic carbocycles. The molecule has 1 aromatic heterocycles. The third-order valence-corrected chi connectivity index (χ3v) is 9.89. The highest BCUT2D eigenvalue weighted by atomic mass is 19.4. The van der Waals surface area contributed by atoms with E-state index in [0.717, 1.165) is 12.8 Å². The lowest BCUT2D eigenvalue weighted by atomic mass is 9.66. The molecule has 0 radical (unpaired) electrons. The predicted octanol–water partition coefficient (Wildman–Crippen LogP) is 4.64. The van der Waals surface area contributed by atoms with Gasteiger partial charge < -0.3 is 19.8 Å². The zero-order chi connectivity index (χ0) is 27.9. The van der Waals surface area contributed by atoms with E-state index < -0.39 is 36.4 Å².